The maximum absolute atomic E-state index is 12.2. The quantitative estimate of drug-likeness (QED) is 0.344. The van der Waals surface area contributed by atoms with E-state index >= 15 is 0 Å². The SMILES string of the molecule is COc1ccc(/C=C/CCCCOc2ccc(NC(=O)CCC(=O)N(C)C)cc2CCC(=O)O)cc1. The number of aliphatic carboxylic acids is 1. The van der Waals surface area contributed by atoms with Gasteiger partial charge in [-0.25, -0.2) is 0 Å². The number of allylic oxidation sites excluding steroid dienone is 1. The van der Waals surface area contributed by atoms with Crippen LogP contribution in [0, 0.1) is 0 Å². The summed E-state index contributed by atoms with van der Waals surface area (Å²) in [5.41, 5.74) is 2.39. The van der Waals surface area contributed by atoms with Crippen molar-refractivity contribution >= 4 is 29.5 Å². The molecule has 0 heterocycles. The normalized spacial score (nSPS) is 10.8. The van der Waals surface area contributed by atoms with Crippen LogP contribution in [0.25, 0.3) is 6.08 Å². The molecule has 2 amide bonds. The second kappa shape index (κ2) is 15.2. The van der Waals surface area contributed by atoms with Gasteiger partial charge in [0.15, 0.2) is 0 Å². The number of aryl methyl sites for hydroxylation is 1. The lowest BCUT2D eigenvalue weighted by Crippen LogP contribution is -2.23. The topological polar surface area (TPSA) is 105 Å². The predicted molar refractivity (Wildman–Crippen MR) is 140 cm³/mol. The van der Waals surface area contributed by atoms with Crippen molar-refractivity contribution in [2.45, 2.75) is 44.9 Å². The number of methoxy groups -OCH3 is 1. The first-order valence-electron chi connectivity index (χ1n) is 12.1. The van der Waals surface area contributed by atoms with E-state index in [1.807, 2.05) is 24.3 Å². The Labute approximate surface area is 212 Å². The van der Waals surface area contributed by atoms with Crippen LogP contribution < -0.4 is 14.8 Å². The van der Waals surface area contributed by atoms with Crippen LogP contribution in [0.1, 0.15) is 49.7 Å². The van der Waals surface area contributed by atoms with Crippen molar-refractivity contribution in [3.05, 3.63) is 59.7 Å². The molecule has 194 valence electrons. The minimum absolute atomic E-state index is 0.0404. The van der Waals surface area contributed by atoms with Crippen molar-refractivity contribution in [3.63, 3.8) is 0 Å². The molecule has 36 heavy (non-hydrogen) atoms. The largest absolute Gasteiger partial charge is 0.497 e. The fourth-order valence-electron chi connectivity index (χ4n) is 3.38. The highest BCUT2D eigenvalue weighted by Gasteiger charge is 2.12. The van der Waals surface area contributed by atoms with E-state index in [9.17, 15) is 14.4 Å². The molecule has 0 radical (unpaired) electrons. The summed E-state index contributed by atoms with van der Waals surface area (Å²) >= 11 is 0. The molecule has 2 aromatic rings. The van der Waals surface area contributed by atoms with Crippen LogP contribution >= 0.6 is 0 Å². The lowest BCUT2D eigenvalue weighted by Gasteiger charge is -2.14. The predicted octanol–water partition coefficient (Wildman–Crippen LogP) is 4.78. The Morgan fingerprint density at radius 3 is 2.42 bits per heavy atom. The number of carboxylic acid groups (broad SMARTS) is 1. The van der Waals surface area contributed by atoms with E-state index < -0.39 is 5.97 Å². The number of nitrogens with zero attached hydrogens (tertiary/aromatic N) is 1. The lowest BCUT2D eigenvalue weighted by atomic mass is 10.1. The van der Waals surface area contributed by atoms with Gasteiger partial charge in [-0.15, -0.1) is 0 Å². The zero-order chi connectivity index (χ0) is 26.3. The van der Waals surface area contributed by atoms with Crippen molar-refractivity contribution in [1.29, 1.82) is 0 Å². The Bertz CT molecular complexity index is 1030. The Morgan fingerprint density at radius 2 is 1.75 bits per heavy atom. The number of carbonyl (C=O) groups excluding carboxylic acids is 2. The maximum atomic E-state index is 12.2. The highest BCUT2D eigenvalue weighted by atomic mass is 16.5. The lowest BCUT2D eigenvalue weighted by molar-refractivity contribution is -0.137. The minimum Gasteiger partial charge on any atom is -0.497 e. The molecule has 0 aliphatic rings. The van der Waals surface area contributed by atoms with Crippen molar-refractivity contribution in [2.75, 3.05) is 33.1 Å². The van der Waals surface area contributed by atoms with E-state index in [0.29, 0.717) is 18.0 Å². The van der Waals surface area contributed by atoms with Gasteiger partial charge in [0.05, 0.1) is 13.7 Å². The Hall–Kier alpha value is -3.81. The number of unbranched alkanes of at least 4 members (excludes halogenated alkanes) is 2. The molecule has 0 bridgehead atoms. The monoisotopic (exact) mass is 496 g/mol. The van der Waals surface area contributed by atoms with E-state index in [-0.39, 0.29) is 37.5 Å². The third kappa shape index (κ3) is 10.6. The number of hydrogen-bond acceptors (Lipinski definition) is 5. The van der Waals surface area contributed by atoms with Gasteiger partial charge in [-0.1, -0.05) is 24.3 Å². The van der Waals surface area contributed by atoms with Crippen LogP contribution in [-0.4, -0.2) is 55.6 Å². The highest BCUT2D eigenvalue weighted by molar-refractivity contribution is 5.93. The number of amides is 2. The molecule has 0 fully saturated rings. The number of carboxylic acids is 1. The van der Waals surface area contributed by atoms with Crippen LogP contribution in [-0.2, 0) is 20.8 Å². The van der Waals surface area contributed by atoms with Gasteiger partial charge >= 0.3 is 5.97 Å². The minimum atomic E-state index is -0.902. The molecule has 0 atom stereocenters. The number of nitrogens with one attached hydrogen (secondary N) is 1. The van der Waals surface area contributed by atoms with Crippen molar-refractivity contribution in [1.82, 2.24) is 4.90 Å². The van der Waals surface area contributed by atoms with Gasteiger partial charge in [-0.3, -0.25) is 14.4 Å². The second-order valence-corrected chi connectivity index (χ2v) is 8.57. The molecule has 0 aliphatic heterocycles. The highest BCUT2D eigenvalue weighted by Crippen LogP contribution is 2.25. The third-order valence-corrected chi connectivity index (χ3v) is 5.47. The molecule has 0 saturated carbocycles. The first-order valence-corrected chi connectivity index (χ1v) is 12.1. The standard InChI is InChI=1S/C28H36N2O6/c1-30(2)27(32)17-16-26(31)29-23-12-15-25(22(20-23)11-18-28(33)34)36-19-7-5-4-6-8-21-9-13-24(35-3)14-10-21/h6,8-10,12-15,20H,4-5,7,11,16-19H2,1-3H3,(H,29,31)(H,33,34)/b8-6+. The Balaban J connectivity index is 1.84. The number of ether oxygens (including phenoxy) is 2. The number of anilines is 1. The molecule has 8 nitrogen and oxygen atoms in total. The molecule has 0 spiro atoms. The molecule has 0 unspecified atom stereocenters. The van der Waals surface area contributed by atoms with Crippen LogP contribution in [0.5, 0.6) is 11.5 Å². The summed E-state index contributed by atoms with van der Waals surface area (Å²) in [6.45, 7) is 0.509. The number of rotatable bonds is 15. The van der Waals surface area contributed by atoms with E-state index in [1.165, 1.54) is 4.90 Å². The van der Waals surface area contributed by atoms with E-state index in [0.717, 1.165) is 36.1 Å². The van der Waals surface area contributed by atoms with Gasteiger partial charge in [0, 0.05) is 39.0 Å². The molecule has 0 aromatic heterocycles. The molecular formula is C28H36N2O6. The average Bonchev–Trinajstić information content (AvgIpc) is 2.86. The van der Waals surface area contributed by atoms with Gasteiger partial charge in [0.25, 0.3) is 0 Å². The van der Waals surface area contributed by atoms with E-state index in [1.54, 1.807) is 39.4 Å². The molecule has 0 saturated heterocycles. The van der Waals surface area contributed by atoms with Gasteiger partial charge in [-0.05, 0) is 67.1 Å². The Morgan fingerprint density at radius 1 is 1.00 bits per heavy atom. The van der Waals surface area contributed by atoms with Gasteiger partial charge in [0.1, 0.15) is 11.5 Å². The van der Waals surface area contributed by atoms with Gasteiger partial charge in [-0.2, -0.15) is 0 Å². The molecule has 2 rings (SSSR count). The summed E-state index contributed by atoms with van der Waals surface area (Å²) < 4.78 is 11.1. The van der Waals surface area contributed by atoms with Crippen LogP contribution in [0.3, 0.4) is 0 Å². The molecule has 0 aliphatic carbocycles. The van der Waals surface area contributed by atoms with Gasteiger partial charge in [0.2, 0.25) is 11.8 Å². The number of hydrogen-bond donors (Lipinski definition) is 2. The number of benzene rings is 2. The fourth-order valence-corrected chi connectivity index (χ4v) is 3.38. The van der Waals surface area contributed by atoms with Crippen molar-refractivity contribution < 1.29 is 29.0 Å². The van der Waals surface area contributed by atoms with Crippen molar-refractivity contribution in [3.8, 4) is 11.5 Å². The fraction of sp³-hybridized carbons (Fsp3) is 0.393. The second-order valence-electron chi connectivity index (χ2n) is 8.57. The third-order valence-electron chi connectivity index (χ3n) is 5.47. The summed E-state index contributed by atoms with van der Waals surface area (Å²) in [4.78, 5) is 36.4. The summed E-state index contributed by atoms with van der Waals surface area (Å²) in [5, 5.41) is 11.9. The maximum Gasteiger partial charge on any atom is 0.303 e. The molecular weight excluding hydrogens is 460 g/mol. The Kier molecular flexibility index (Phi) is 12.0. The summed E-state index contributed by atoms with van der Waals surface area (Å²) in [6, 6.07) is 13.1. The van der Waals surface area contributed by atoms with Crippen LogP contribution in [0.2, 0.25) is 0 Å². The number of carbonyl (C=O) groups is 3. The van der Waals surface area contributed by atoms with Gasteiger partial charge < -0.3 is 24.8 Å². The van der Waals surface area contributed by atoms with Crippen LogP contribution in [0.4, 0.5) is 5.69 Å². The average molecular weight is 497 g/mol. The zero-order valence-corrected chi connectivity index (χ0v) is 21.3. The summed E-state index contributed by atoms with van der Waals surface area (Å²) in [5.74, 6) is 0.156. The molecule has 2 N–H and O–H groups in total. The summed E-state index contributed by atoms with van der Waals surface area (Å²) in [7, 11) is 4.94. The summed E-state index contributed by atoms with van der Waals surface area (Å²) in [6.07, 6.45) is 7.38. The van der Waals surface area contributed by atoms with E-state index in [4.69, 9.17) is 14.6 Å². The van der Waals surface area contributed by atoms with Crippen LogP contribution in [0.15, 0.2) is 48.5 Å². The molecule has 2 aromatic carbocycles. The zero-order valence-electron chi connectivity index (χ0n) is 21.3. The molecule has 8 heteroatoms. The first kappa shape index (κ1) is 28.4. The first-order chi connectivity index (χ1) is 17.3. The van der Waals surface area contributed by atoms with E-state index in [2.05, 4.69) is 17.5 Å². The smallest absolute Gasteiger partial charge is 0.303 e. The van der Waals surface area contributed by atoms with Crippen molar-refractivity contribution in [2.24, 2.45) is 0 Å².